The fourth-order valence-electron chi connectivity index (χ4n) is 12.3. The molecule has 0 spiro atoms. The number of halogens is 4. The number of amides is 4. The fourth-order valence-corrected chi connectivity index (χ4v) is 12.3. The van der Waals surface area contributed by atoms with E-state index in [9.17, 15) is 19.2 Å². The molecule has 4 fully saturated rings. The van der Waals surface area contributed by atoms with Crippen molar-refractivity contribution in [2.24, 2.45) is 11.8 Å². The number of piperidine rings is 1. The number of methoxy groups -OCH3 is 2. The first-order valence-electron chi connectivity index (χ1n) is 26.8. The Morgan fingerprint density at radius 3 is 1.57 bits per heavy atom. The molecule has 4 amide bonds. The van der Waals surface area contributed by atoms with E-state index in [1.54, 1.807) is 31.7 Å². The molecule has 4 aliphatic heterocycles. The minimum Gasteiger partial charge on any atom is -0.453 e. The number of rotatable bonds is 13. The van der Waals surface area contributed by atoms with Crippen LogP contribution in [0.25, 0.3) is 22.1 Å². The van der Waals surface area contributed by atoms with Gasteiger partial charge in [0.05, 0.1) is 60.5 Å². The number of alkyl carbamates (subject to hydrolysis) is 2. The number of fused-ring (bicyclic) bond motifs is 2. The Kier molecular flexibility index (Phi) is 15.1. The van der Waals surface area contributed by atoms with Crippen LogP contribution in [0.5, 0.6) is 0 Å². The second kappa shape index (κ2) is 21.9. The molecule has 0 radical (unpaired) electrons. The number of aromatic nitrogens is 4. The lowest BCUT2D eigenvalue weighted by Gasteiger charge is -2.36. The second-order valence-corrected chi connectivity index (χ2v) is 21.6. The summed E-state index contributed by atoms with van der Waals surface area (Å²) < 4.78 is 77.2. The Bertz CT molecular complexity index is 3000. The first kappa shape index (κ1) is 53.0. The lowest BCUT2D eigenvalue weighted by atomic mass is 9.89. The van der Waals surface area contributed by atoms with Crippen LogP contribution in [0, 0.1) is 35.1 Å². The van der Waals surface area contributed by atoms with Gasteiger partial charge in [0, 0.05) is 49.1 Å². The monoisotopic (exact) mass is 1060 g/mol. The topological polar surface area (TPSA) is 181 Å². The molecule has 0 bridgehead atoms. The van der Waals surface area contributed by atoms with Crippen LogP contribution in [0.3, 0.4) is 0 Å². The lowest BCUT2D eigenvalue weighted by molar-refractivity contribution is -0.136. The average Bonchev–Trinajstić information content (AvgIpc) is 4.36. The minimum atomic E-state index is -0.858. The molecule has 4 saturated heterocycles. The van der Waals surface area contributed by atoms with E-state index in [1.165, 1.54) is 44.0 Å². The number of H-pyrrole nitrogens is 2. The number of likely N-dealkylation sites (tertiary alicyclic amines) is 2. The molecule has 6 heterocycles. The van der Waals surface area contributed by atoms with Gasteiger partial charge in [0.2, 0.25) is 11.8 Å². The number of hydrogen-bond donors (Lipinski definition) is 4. The predicted molar refractivity (Wildman–Crippen MR) is 282 cm³/mol. The summed E-state index contributed by atoms with van der Waals surface area (Å²) in [5.74, 6) is -2.80. The Labute approximate surface area is 444 Å². The van der Waals surface area contributed by atoms with Crippen LogP contribution in [-0.2, 0) is 19.1 Å². The van der Waals surface area contributed by atoms with E-state index in [1.807, 2.05) is 45.9 Å². The van der Waals surface area contributed by atoms with Crippen molar-refractivity contribution in [1.29, 1.82) is 0 Å². The number of nitrogens with zero attached hydrogens (tertiary/aromatic N) is 6. The molecule has 6 aromatic rings. The standard InChI is InChI=1S/C57H66F4N10O6/c1-30(2)49(66-56(74)76-5)54(72)69-20-10-14-47(69)52-62-41-26-35(37(58)28-43(41)64-52)45-16-17-46(71(45)34-24-39(60)51(40(61)25-34)68-22-18-33(19-23-68)32-12-8-7-9-13-32)36-27-42-44(29-38(36)59)65-53(63-42)48-15-11-21-70(48)55(73)50(31(3)4)67-57(75)77-6/h7-9,12-13,24-31,33,45-50H,10-11,14-23H2,1-6H3,(H,62,64)(H,63,65)(H,66,74)(H,67,75)/t45-,46-,47+,48+,49+,50?/m1/s1. The number of aromatic amines is 2. The average molecular weight is 1060 g/mol. The van der Waals surface area contributed by atoms with Crippen LogP contribution in [0.4, 0.5) is 38.5 Å². The molecule has 4 N–H and O–H groups in total. The summed E-state index contributed by atoms with van der Waals surface area (Å²) >= 11 is 0. The summed E-state index contributed by atoms with van der Waals surface area (Å²) in [5.41, 5.74) is 3.06. The molecule has 408 valence electrons. The molecular formula is C57H66F4N10O6. The van der Waals surface area contributed by atoms with Gasteiger partial charge >= 0.3 is 12.2 Å². The van der Waals surface area contributed by atoms with Crippen LogP contribution in [-0.4, -0.2) is 106 Å². The number of hydrogen-bond acceptors (Lipinski definition) is 10. The van der Waals surface area contributed by atoms with Gasteiger partial charge in [-0.3, -0.25) is 9.59 Å². The molecular weight excluding hydrogens is 997 g/mol. The van der Waals surface area contributed by atoms with Crippen molar-refractivity contribution in [3.8, 4) is 0 Å². The number of nitrogens with one attached hydrogen (secondary N) is 4. The van der Waals surface area contributed by atoms with Gasteiger partial charge in [0.25, 0.3) is 0 Å². The Morgan fingerprint density at radius 2 is 1.06 bits per heavy atom. The van der Waals surface area contributed by atoms with Crippen LogP contribution >= 0.6 is 0 Å². The Balaban J connectivity index is 0.994. The van der Waals surface area contributed by atoms with E-state index < -0.39 is 71.7 Å². The smallest absolute Gasteiger partial charge is 0.407 e. The van der Waals surface area contributed by atoms with Gasteiger partial charge in [-0.05, 0) is 105 Å². The Hall–Kier alpha value is -7.38. The van der Waals surface area contributed by atoms with Gasteiger partial charge in [0.1, 0.15) is 41.1 Å². The molecule has 2 aromatic heterocycles. The number of carbonyl (C=O) groups is 4. The number of carbonyl (C=O) groups excluding carboxylic acids is 4. The SMILES string of the molecule is COC(=O)NC(C(=O)N1CCC[C@H]1c1nc2cc(F)c([C@H]3CC[C@H](c4cc5nc([C@@H]6CCCN6C(=O)[C@@H](NC(=O)OC)C(C)C)[nH]c5cc4F)N3c3cc(F)c(N4CCC(c5ccccc5)CC4)c(F)c3)cc2[nH]1)C(C)C. The number of imidazole rings is 2. The van der Waals surface area contributed by atoms with Crippen LogP contribution in [0.15, 0.2) is 66.7 Å². The predicted octanol–water partition coefficient (Wildman–Crippen LogP) is 10.6. The summed E-state index contributed by atoms with van der Waals surface area (Å²) in [4.78, 5) is 75.4. The molecule has 0 aliphatic carbocycles. The molecule has 1 unspecified atom stereocenters. The zero-order valence-electron chi connectivity index (χ0n) is 44.2. The number of anilines is 2. The quantitative estimate of drug-likeness (QED) is 0.0813. The third-order valence-corrected chi connectivity index (χ3v) is 16.2. The summed E-state index contributed by atoms with van der Waals surface area (Å²) in [7, 11) is 2.46. The van der Waals surface area contributed by atoms with Gasteiger partial charge in [-0.2, -0.15) is 0 Å². The Morgan fingerprint density at radius 1 is 0.584 bits per heavy atom. The number of benzene rings is 4. The van der Waals surface area contributed by atoms with Gasteiger partial charge < -0.3 is 49.7 Å². The largest absolute Gasteiger partial charge is 0.453 e. The molecule has 4 aliphatic rings. The summed E-state index contributed by atoms with van der Waals surface area (Å²) in [5, 5.41) is 5.31. The van der Waals surface area contributed by atoms with Crippen molar-refractivity contribution < 1.29 is 46.2 Å². The lowest BCUT2D eigenvalue weighted by Crippen LogP contribution is -2.51. The van der Waals surface area contributed by atoms with Gasteiger partial charge in [-0.15, -0.1) is 0 Å². The van der Waals surface area contributed by atoms with Crippen molar-refractivity contribution in [1.82, 2.24) is 40.4 Å². The van der Waals surface area contributed by atoms with Crippen molar-refractivity contribution in [2.45, 2.75) is 121 Å². The number of ether oxygens (including phenoxy) is 2. The van der Waals surface area contributed by atoms with E-state index in [2.05, 4.69) is 32.7 Å². The maximum absolute atomic E-state index is 17.0. The third kappa shape index (κ3) is 10.3. The zero-order valence-corrected chi connectivity index (χ0v) is 44.2. The minimum absolute atomic E-state index is 0.100. The van der Waals surface area contributed by atoms with E-state index >= 15 is 17.6 Å². The van der Waals surface area contributed by atoms with Gasteiger partial charge in [0.15, 0.2) is 11.6 Å². The van der Waals surface area contributed by atoms with Crippen molar-refractivity contribution in [3.63, 3.8) is 0 Å². The highest BCUT2D eigenvalue weighted by Gasteiger charge is 2.42. The molecule has 77 heavy (non-hydrogen) atoms. The maximum Gasteiger partial charge on any atom is 0.407 e. The van der Waals surface area contributed by atoms with Gasteiger partial charge in [-0.1, -0.05) is 58.0 Å². The van der Waals surface area contributed by atoms with Crippen molar-refractivity contribution in [2.75, 3.05) is 50.2 Å². The molecule has 20 heteroatoms. The van der Waals surface area contributed by atoms with E-state index in [0.717, 1.165) is 0 Å². The molecule has 10 rings (SSSR count). The van der Waals surface area contributed by atoms with Crippen molar-refractivity contribution >= 4 is 57.4 Å². The third-order valence-electron chi connectivity index (χ3n) is 16.2. The normalized spacial score (nSPS) is 20.9. The summed E-state index contributed by atoms with van der Waals surface area (Å²) in [6.07, 6.45) is 2.95. The van der Waals surface area contributed by atoms with Gasteiger partial charge in [-0.25, -0.2) is 37.1 Å². The van der Waals surface area contributed by atoms with E-state index in [4.69, 9.17) is 19.4 Å². The molecule has 4 aromatic carbocycles. The van der Waals surface area contributed by atoms with E-state index in [0.29, 0.717) is 98.4 Å². The van der Waals surface area contributed by atoms with Crippen LogP contribution in [0.1, 0.15) is 137 Å². The van der Waals surface area contributed by atoms with Crippen molar-refractivity contribution in [3.05, 3.63) is 118 Å². The van der Waals surface area contributed by atoms with Crippen LogP contribution < -0.4 is 20.4 Å². The molecule has 6 atom stereocenters. The highest BCUT2D eigenvalue weighted by molar-refractivity contribution is 5.88. The summed E-state index contributed by atoms with van der Waals surface area (Å²) in [6.45, 7) is 9.00. The highest BCUT2D eigenvalue weighted by atomic mass is 19.1. The molecule has 0 saturated carbocycles. The molecule has 16 nitrogen and oxygen atoms in total. The summed E-state index contributed by atoms with van der Waals surface area (Å²) in [6, 6.07) is 14.1. The first-order chi connectivity index (χ1) is 37.0. The maximum atomic E-state index is 17.0. The first-order valence-corrected chi connectivity index (χ1v) is 26.8. The van der Waals surface area contributed by atoms with E-state index in [-0.39, 0.29) is 64.9 Å². The van der Waals surface area contributed by atoms with Crippen LogP contribution in [0.2, 0.25) is 0 Å². The second-order valence-electron chi connectivity index (χ2n) is 21.6. The zero-order chi connectivity index (χ0) is 54.4. The highest BCUT2D eigenvalue weighted by Crippen LogP contribution is 2.50. The fraction of sp³-hybridized carbons (Fsp3) is 0.474.